The van der Waals surface area contributed by atoms with Gasteiger partial charge in [-0.25, -0.2) is 0 Å². The van der Waals surface area contributed by atoms with Crippen molar-refractivity contribution in [1.82, 2.24) is 5.32 Å². The Labute approximate surface area is 111 Å². The van der Waals surface area contributed by atoms with E-state index in [1.54, 1.807) is 0 Å². The number of fused-ring (bicyclic) bond motifs is 1. The minimum atomic E-state index is 0.621. The van der Waals surface area contributed by atoms with Crippen LogP contribution < -0.4 is 10.1 Å². The highest BCUT2D eigenvalue weighted by molar-refractivity contribution is 5.40. The van der Waals surface area contributed by atoms with Crippen LogP contribution in [0.3, 0.4) is 0 Å². The van der Waals surface area contributed by atoms with Gasteiger partial charge in [0, 0.05) is 6.42 Å². The van der Waals surface area contributed by atoms with E-state index in [1.807, 2.05) is 0 Å². The average molecular weight is 247 g/mol. The second kappa shape index (κ2) is 6.24. The monoisotopic (exact) mass is 247 g/mol. The fourth-order valence-corrected chi connectivity index (χ4v) is 2.39. The SMILES string of the molecule is CC(C)CNCCC(C)c1ccc2c(c1)CCO2. The van der Waals surface area contributed by atoms with E-state index in [0.29, 0.717) is 5.92 Å². The van der Waals surface area contributed by atoms with Crippen LogP contribution in [-0.4, -0.2) is 19.7 Å². The fourth-order valence-electron chi connectivity index (χ4n) is 2.39. The molecule has 0 amide bonds. The Balaban J connectivity index is 1.83. The normalized spacial score (nSPS) is 15.6. The Morgan fingerprint density at radius 2 is 2.11 bits per heavy atom. The predicted molar refractivity (Wildman–Crippen MR) is 76.4 cm³/mol. The number of nitrogens with one attached hydrogen (secondary N) is 1. The highest BCUT2D eigenvalue weighted by atomic mass is 16.5. The van der Waals surface area contributed by atoms with Gasteiger partial charge in [-0.15, -0.1) is 0 Å². The summed E-state index contributed by atoms with van der Waals surface area (Å²) in [6.45, 7) is 9.88. The maximum atomic E-state index is 5.55. The van der Waals surface area contributed by atoms with Crippen molar-refractivity contribution in [2.75, 3.05) is 19.7 Å². The third-order valence-electron chi connectivity index (χ3n) is 3.59. The van der Waals surface area contributed by atoms with Crippen molar-refractivity contribution in [2.24, 2.45) is 5.92 Å². The Hall–Kier alpha value is -1.02. The number of benzene rings is 1. The molecule has 1 atom stereocenters. The maximum absolute atomic E-state index is 5.55. The van der Waals surface area contributed by atoms with E-state index in [4.69, 9.17) is 4.74 Å². The lowest BCUT2D eigenvalue weighted by Crippen LogP contribution is -2.21. The first-order chi connectivity index (χ1) is 8.66. The smallest absolute Gasteiger partial charge is 0.122 e. The summed E-state index contributed by atoms with van der Waals surface area (Å²) < 4.78 is 5.55. The number of rotatable bonds is 6. The first kappa shape index (κ1) is 13.4. The molecule has 100 valence electrons. The quantitative estimate of drug-likeness (QED) is 0.778. The van der Waals surface area contributed by atoms with Crippen LogP contribution in [0.1, 0.15) is 44.2 Å². The van der Waals surface area contributed by atoms with Crippen LogP contribution in [0.25, 0.3) is 0 Å². The van der Waals surface area contributed by atoms with Crippen LogP contribution in [0.4, 0.5) is 0 Å². The third-order valence-corrected chi connectivity index (χ3v) is 3.59. The molecule has 0 fully saturated rings. The fraction of sp³-hybridized carbons (Fsp3) is 0.625. The second-order valence-electron chi connectivity index (χ2n) is 5.75. The van der Waals surface area contributed by atoms with Crippen LogP contribution in [0, 0.1) is 5.92 Å². The summed E-state index contributed by atoms with van der Waals surface area (Å²) in [4.78, 5) is 0. The molecule has 0 radical (unpaired) electrons. The molecule has 2 heteroatoms. The van der Waals surface area contributed by atoms with Gasteiger partial charge in [0.25, 0.3) is 0 Å². The van der Waals surface area contributed by atoms with Crippen molar-refractivity contribution in [2.45, 2.75) is 39.5 Å². The highest BCUT2D eigenvalue weighted by Gasteiger charge is 2.14. The summed E-state index contributed by atoms with van der Waals surface area (Å²) >= 11 is 0. The van der Waals surface area contributed by atoms with Gasteiger partial charge < -0.3 is 10.1 Å². The molecule has 0 aliphatic carbocycles. The Bertz CT molecular complexity index is 387. The van der Waals surface area contributed by atoms with Crippen molar-refractivity contribution in [3.8, 4) is 5.75 Å². The van der Waals surface area contributed by atoms with Gasteiger partial charge in [0.15, 0.2) is 0 Å². The van der Waals surface area contributed by atoms with E-state index < -0.39 is 0 Å². The van der Waals surface area contributed by atoms with Gasteiger partial charge in [-0.3, -0.25) is 0 Å². The van der Waals surface area contributed by atoms with E-state index in [-0.39, 0.29) is 0 Å². The zero-order valence-corrected chi connectivity index (χ0v) is 11.8. The average Bonchev–Trinajstić information content (AvgIpc) is 2.81. The zero-order valence-electron chi connectivity index (χ0n) is 11.8. The van der Waals surface area contributed by atoms with Crippen molar-refractivity contribution in [3.05, 3.63) is 29.3 Å². The summed E-state index contributed by atoms with van der Waals surface area (Å²) in [6, 6.07) is 6.68. The van der Waals surface area contributed by atoms with E-state index in [9.17, 15) is 0 Å². The van der Waals surface area contributed by atoms with Crippen molar-refractivity contribution in [3.63, 3.8) is 0 Å². The molecule has 0 aromatic heterocycles. The third kappa shape index (κ3) is 3.49. The largest absolute Gasteiger partial charge is 0.493 e. The van der Waals surface area contributed by atoms with Crippen LogP contribution in [-0.2, 0) is 6.42 Å². The molecule has 1 aliphatic heterocycles. The topological polar surface area (TPSA) is 21.3 Å². The van der Waals surface area contributed by atoms with Gasteiger partial charge in [0.1, 0.15) is 5.75 Å². The van der Waals surface area contributed by atoms with E-state index >= 15 is 0 Å². The van der Waals surface area contributed by atoms with Crippen molar-refractivity contribution >= 4 is 0 Å². The van der Waals surface area contributed by atoms with Gasteiger partial charge >= 0.3 is 0 Å². The second-order valence-corrected chi connectivity index (χ2v) is 5.75. The van der Waals surface area contributed by atoms with Crippen LogP contribution >= 0.6 is 0 Å². The predicted octanol–water partition coefficient (Wildman–Crippen LogP) is 3.36. The van der Waals surface area contributed by atoms with Crippen molar-refractivity contribution in [1.29, 1.82) is 0 Å². The molecule has 1 heterocycles. The lowest BCUT2D eigenvalue weighted by atomic mass is 9.95. The lowest BCUT2D eigenvalue weighted by molar-refractivity contribution is 0.357. The summed E-state index contributed by atoms with van der Waals surface area (Å²) in [5.41, 5.74) is 2.83. The molecule has 0 spiro atoms. The minimum Gasteiger partial charge on any atom is -0.493 e. The molecule has 2 rings (SSSR count). The molecule has 1 unspecified atom stereocenters. The Kier molecular flexibility index (Phi) is 4.65. The first-order valence-electron chi connectivity index (χ1n) is 7.13. The molecule has 2 nitrogen and oxygen atoms in total. The molecule has 1 aromatic carbocycles. The molecular formula is C16H25NO. The number of ether oxygens (including phenoxy) is 1. The standard InChI is InChI=1S/C16H25NO/c1-12(2)11-17-8-6-13(3)14-4-5-16-15(10-14)7-9-18-16/h4-5,10,12-13,17H,6-9,11H2,1-3H3. The van der Waals surface area contributed by atoms with Crippen LogP contribution in [0.5, 0.6) is 5.75 Å². The van der Waals surface area contributed by atoms with E-state index in [0.717, 1.165) is 37.8 Å². The summed E-state index contributed by atoms with van der Waals surface area (Å²) in [5.74, 6) is 2.44. The molecule has 1 N–H and O–H groups in total. The maximum Gasteiger partial charge on any atom is 0.122 e. The van der Waals surface area contributed by atoms with Gasteiger partial charge in [0.05, 0.1) is 6.61 Å². The Morgan fingerprint density at radius 3 is 2.89 bits per heavy atom. The molecule has 1 aromatic rings. The highest BCUT2D eigenvalue weighted by Crippen LogP contribution is 2.29. The van der Waals surface area contributed by atoms with E-state index in [2.05, 4.69) is 44.3 Å². The summed E-state index contributed by atoms with van der Waals surface area (Å²) in [5, 5.41) is 3.51. The molecule has 0 saturated carbocycles. The lowest BCUT2D eigenvalue weighted by Gasteiger charge is -2.14. The summed E-state index contributed by atoms with van der Waals surface area (Å²) in [6.07, 6.45) is 2.27. The number of hydrogen-bond donors (Lipinski definition) is 1. The van der Waals surface area contributed by atoms with Crippen molar-refractivity contribution < 1.29 is 4.74 Å². The van der Waals surface area contributed by atoms with E-state index in [1.165, 1.54) is 17.5 Å². The minimum absolute atomic E-state index is 0.621. The van der Waals surface area contributed by atoms with Gasteiger partial charge in [-0.2, -0.15) is 0 Å². The molecule has 0 saturated heterocycles. The Morgan fingerprint density at radius 1 is 1.28 bits per heavy atom. The first-order valence-corrected chi connectivity index (χ1v) is 7.13. The molecule has 1 aliphatic rings. The van der Waals surface area contributed by atoms with Gasteiger partial charge in [-0.1, -0.05) is 32.9 Å². The number of hydrogen-bond acceptors (Lipinski definition) is 2. The van der Waals surface area contributed by atoms with Gasteiger partial charge in [-0.05, 0) is 48.5 Å². The molecule has 18 heavy (non-hydrogen) atoms. The molecule has 0 bridgehead atoms. The van der Waals surface area contributed by atoms with Gasteiger partial charge in [0.2, 0.25) is 0 Å². The molecular weight excluding hydrogens is 222 g/mol. The zero-order chi connectivity index (χ0) is 13.0. The van der Waals surface area contributed by atoms with Crippen LogP contribution in [0.2, 0.25) is 0 Å². The summed E-state index contributed by atoms with van der Waals surface area (Å²) in [7, 11) is 0. The van der Waals surface area contributed by atoms with Crippen LogP contribution in [0.15, 0.2) is 18.2 Å².